The zero-order valence-corrected chi connectivity index (χ0v) is 9.51. The van der Waals surface area contributed by atoms with Crippen LogP contribution in [0, 0.1) is 0 Å². The van der Waals surface area contributed by atoms with E-state index in [1.807, 2.05) is 6.07 Å². The predicted octanol–water partition coefficient (Wildman–Crippen LogP) is 1.03. The van der Waals surface area contributed by atoms with Gasteiger partial charge in [-0.25, -0.2) is 4.79 Å². The van der Waals surface area contributed by atoms with Crippen molar-refractivity contribution in [3.63, 3.8) is 0 Å². The number of oxime groups is 1. The highest BCUT2D eigenvalue weighted by Gasteiger charge is 2.03. The highest BCUT2D eigenvalue weighted by molar-refractivity contribution is 5.97. The van der Waals surface area contributed by atoms with Crippen molar-refractivity contribution in [1.29, 1.82) is 0 Å². The Hall–Kier alpha value is -2.24. The molecule has 6 nitrogen and oxygen atoms in total. The summed E-state index contributed by atoms with van der Waals surface area (Å²) in [5.74, 6) is 0.0305. The summed E-state index contributed by atoms with van der Waals surface area (Å²) >= 11 is 0. The Kier molecular flexibility index (Phi) is 4.80. The van der Waals surface area contributed by atoms with E-state index in [0.29, 0.717) is 18.7 Å². The van der Waals surface area contributed by atoms with Gasteiger partial charge in [0.25, 0.3) is 0 Å². The van der Waals surface area contributed by atoms with Gasteiger partial charge in [-0.05, 0) is 18.6 Å². The molecule has 1 aromatic carbocycles. The first-order valence-corrected chi connectivity index (χ1v) is 5.14. The lowest BCUT2D eigenvalue weighted by molar-refractivity contribution is 0.151. The Balaban J connectivity index is 2.63. The third kappa shape index (κ3) is 4.02. The molecule has 0 saturated heterocycles. The summed E-state index contributed by atoms with van der Waals surface area (Å²) in [6.45, 7) is 2.39. The van der Waals surface area contributed by atoms with Crippen molar-refractivity contribution in [2.24, 2.45) is 10.9 Å². The van der Waals surface area contributed by atoms with E-state index >= 15 is 0 Å². The number of amides is 1. The summed E-state index contributed by atoms with van der Waals surface area (Å²) in [4.78, 5) is 11.1. The number of carbonyl (C=O) groups excluding carboxylic acids is 1. The average molecular weight is 237 g/mol. The summed E-state index contributed by atoms with van der Waals surface area (Å²) in [6.07, 6.45) is -0.471. The fourth-order valence-corrected chi connectivity index (χ4v) is 1.25. The number of hydrogen-bond acceptors (Lipinski definition) is 4. The number of rotatable bonds is 4. The van der Waals surface area contributed by atoms with Crippen molar-refractivity contribution in [3.8, 4) is 0 Å². The molecule has 0 heterocycles. The number of benzene rings is 1. The molecule has 92 valence electrons. The lowest BCUT2D eigenvalue weighted by Crippen LogP contribution is -2.24. The number of ether oxygens (including phenoxy) is 1. The molecule has 0 saturated carbocycles. The Labute approximate surface area is 99.1 Å². The van der Waals surface area contributed by atoms with Crippen molar-refractivity contribution in [2.45, 2.75) is 13.5 Å². The smallest absolute Gasteiger partial charge is 0.407 e. The molecule has 17 heavy (non-hydrogen) atoms. The summed E-state index contributed by atoms with van der Waals surface area (Å²) < 4.78 is 4.72. The maximum atomic E-state index is 11.1. The molecular formula is C11H15N3O3. The Morgan fingerprint density at radius 1 is 1.59 bits per heavy atom. The fraction of sp³-hybridized carbons (Fsp3) is 0.273. The molecule has 0 fully saturated rings. The Bertz CT molecular complexity index is 418. The minimum Gasteiger partial charge on any atom is -0.450 e. The minimum atomic E-state index is -0.471. The normalized spacial score (nSPS) is 11.0. The van der Waals surface area contributed by atoms with E-state index in [2.05, 4.69) is 10.5 Å². The summed E-state index contributed by atoms with van der Waals surface area (Å²) in [6, 6.07) is 7.01. The fourth-order valence-electron chi connectivity index (χ4n) is 1.25. The lowest BCUT2D eigenvalue weighted by atomic mass is 10.1. The molecule has 1 amide bonds. The average Bonchev–Trinajstić information content (AvgIpc) is 2.36. The number of nitrogens with zero attached hydrogens (tertiary/aromatic N) is 1. The number of amidine groups is 1. The van der Waals surface area contributed by atoms with Crippen LogP contribution in [0.1, 0.15) is 18.1 Å². The van der Waals surface area contributed by atoms with Crippen LogP contribution in [0.25, 0.3) is 0 Å². The molecule has 1 rings (SSSR count). The third-order valence-electron chi connectivity index (χ3n) is 2.04. The van der Waals surface area contributed by atoms with Crippen LogP contribution >= 0.6 is 0 Å². The zero-order valence-electron chi connectivity index (χ0n) is 9.51. The van der Waals surface area contributed by atoms with Gasteiger partial charge in [-0.3, -0.25) is 0 Å². The largest absolute Gasteiger partial charge is 0.450 e. The highest BCUT2D eigenvalue weighted by Crippen LogP contribution is 2.04. The van der Waals surface area contributed by atoms with Crippen LogP contribution in [-0.4, -0.2) is 23.7 Å². The highest BCUT2D eigenvalue weighted by atomic mass is 16.5. The first-order chi connectivity index (χ1) is 8.17. The second-order valence-corrected chi connectivity index (χ2v) is 3.26. The van der Waals surface area contributed by atoms with Crippen molar-refractivity contribution >= 4 is 11.9 Å². The van der Waals surface area contributed by atoms with Crippen LogP contribution in [0.4, 0.5) is 4.79 Å². The standard InChI is InChI=1S/C11H15N3O3/c1-2-17-11(15)13-7-8-4-3-5-9(6-8)10(12)14-16/h3-6,16H,2,7H2,1H3,(H2,12,14)(H,13,15). The van der Waals surface area contributed by atoms with E-state index in [-0.39, 0.29) is 5.84 Å². The second kappa shape index (κ2) is 6.37. The van der Waals surface area contributed by atoms with Crippen molar-refractivity contribution < 1.29 is 14.7 Å². The molecular weight excluding hydrogens is 222 g/mol. The van der Waals surface area contributed by atoms with Gasteiger partial charge in [-0.1, -0.05) is 23.4 Å². The number of hydrogen-bond donors (Lipinski definition) is 3. The van der Waals surface area contributed by atoms with E-state index in [1.165, 1.54) is 0 Å². The molecule has 6 heteroatoms. The molecule has 4 N–H and O–H groups in total. The van der Waals surface area contributed by atoms with Crippen LogP contribution in [0.15, 0.2) is 29.4 Å². The second-order valence-electron chi connectivity index (χ2n) is 3.26. The van der Waals surface area contributed by atoms with Gasteiger partial charge in [-0.2, -0.15) is 0 Å². The van der Waals surface area contributed by atoms with Crippen molar-refractivity contribution in [1.82, 2.24) is 5.32 Å². The van der Waals surface area contributed by atoms with E-state index in [9.17, 15) is 4.79 Å². The third-order valence-corrected chi connectivity index (χ3v) is 2.04. The van der Waals surface area contributed by atoms with Crippen LogP contribution in [0.2, 0.25) is 0 Å². The van der Waals surface area contributed by atoms with E-state index in [1.54, 1.807) is 25.1 Å². The monoisotopic (exact) mass is 237 g/mol. The van der Waals surface area contributed by atoms with Gasteiger partial charge in [0.15, 0.2) is 5.84 Å². The topological polar surface area (TPSA) is 96.9 Å². The van der Waals surface area contributed by atoms with Gasteiger partial charge >= 0.3 is 6.09 Å². The maximum absolute atomic E-state index is 11.1. The lowest BCUT2D eigenvalue weighted by Gasteiger charge is -2.06. The number of nitrogens with one attached hydrogen (secondary N) is 1. The van der Waals surface area contributed by atoms with E-state index in [0.717, 1.165) is 5.56 Å². The van der Waals surface area contributed by atoms with Gasteiger partial charge in [0.05, 0.1) is 6.61 Å². The molecule has 0 aliphatic carbocycles. The molecule has 0 unspecified atom stereocenters. The van der Waals surface area contributed by atoms with Crippen LogP contribution in [0.3, 0.4) is 0 Å². The summed E-state index contributed by atoms with van der Waals surface area (Å²) in [5, 5.41) is 14.0. The van der Waals surface area contributed by atoms with Gasteiger partial charge in [0.1, 0.15) is 0 Å². The van der Waals surface area contributed by atoms with Crippen LogP contribution in [-0.2, 0) is 11.3 Å². The van der Waals surface area contributed by atoms with Gasteiger partial charge in [0.2, 0.25) is 0 Å². The van der Waals surface area contributed by atoms with Crippen molar-refractivity contribution in [2.75, 3.05) is 6.61 Å². The molecule has 0 bridgehead atoms. The Morgan fingerprint density at radius 3 is 3.00 bits per heavy atom. The van der Waals surface area contributed by atoms with E-state index < -0.39 is 6.09 Å². The summed E-state index contributed by atoms with van der Waals surface area (Å²) in [7, 11) is 0. The Morgan fingerprint density at radius 2 is 2.35 bits per heavy atom. The molecule has 0 radical (unpaired) electrons. The quantitative estimate of drug-likeness (QED) is 0.315. The molecule has 0 spiro atoms. The van der Waals surface area contributed by atoms with Crippen LogP contribution < -0.4 is 11.1 Å². The number of nitrogens with two attached hydrogens (primary N) is 1. The summed E-state index contributed by atoms with van der Waals surface area (Å²) in [5.41, 5.74) is 6.88. The zero-order chi connectivity index (χ0) is 12.7. The van der Waals surface area contributed by atoms with Crippen molar-refractivity contribution in [3.05, 3.63) is 35.4 Å². The molecule has 0 aliphatic rings. The molecule has 1 aromatic rings. The first-order valence-electron chi connectivity index (χ1n) is 5.14. The first kappa shape index (κ1) is 12.8. The molecule has 0 aromatic heterocycles. The minimum absolute atomic E-state index is 0.0305. The maximum Gasteiger partial charge on any atom is 0.407 e. The molecule has 0 atom stereocenters. The van der Waals surface area contributed by atoms with Gasteiger partial charge in [-0.15, -0.1) is 0 Å². The van der Waals surface area contributed by atoms with E-state index in [4.69, 9.17) is 15.7 Å². The van der Waals surface area contributed by atoms with Crippen LogP contribution in [0.5, 0.6) is 0 Å². The number of carbonyl (C=O) groups is 1. The van der Waals surface area contributed by atoms with Gasteiger partial charge in [0, 0.05) is 12.1 Å². The van der Waals surface area contributed by atoms with Gasteiger partial charge < -0.3 is 21.0 Å². The number of alkyl carbamates (subject to hydrolysis) is 1. The SMILES string of the molecule is CCOC(=O)NCc1cccc(C(N)=NO)c1. The molecule has 0 aliphatic heterocycles. The predicted molar refractivity (Wildman–Crippen MR) is 62.8 cm³/mol.